The molecule has 2 aromatic rings. The van der Waals surface area contributed by atoms with Crippen molar-refractivity contribution in [3.8, 4) is 0 Å². The summed E-state index contributed by atoms with van der Waals surface area (Å²) in [4.78, 5) is 20.0. The van der Waals surface area contributed by atoms with E-state index in [1.165, 1.54) is 22.7 Å². The molecule has 12 nitrogen and oxygen atoms in total. The highest BCUT2D eigenvalue weighted by Gasteiger charge is 2.51. The normalized spacial score (nSPS) is 26.7. The van der Waals surface area contributed by atoms with E-state index in [1.807, 2.05) is 19.9 Å². The number of nitrogens with one attached hydrogen (secondary N) is 1. The van der Waals surface area contributed by atoms with Crippen LogP contribution in [0, 0.1) is 0 Å². The highest BCUT2D eigenvalue weighted by atomic mass is 32.2. The average molecular weight is 571 g/mol. The Hall–Kier alpha value is -2.20. The molecule has 2 aliphatic rings. The third-order valence-electron chi connectivity index (χ3n) is 6.88. The van der Waals surface area contributed by atoms with Crippen molar-refractivity contribution >= 4 is 43.6 Å². The van der Waals surface area contributed by atoms with E-state index < -0.39 is 51.1 Å². The number of nitrogens with zero attached hydrogens (tertiary/aromatic N) is 3. The Balaban J connectivity index is 1.33. The molecule has 2 aliphatic heterocycles. The first-order chi connectivity index (χ1) is 18.1. The van der Waals surface area contributed by atoms with Gasteiger partial charge in [-0.25, -0.2) is 17.9 Å². The number of hydrogen-bond donors (Lipinski definition) is 5. The van der Waals surface area contributed by atoms with Crippen molar-refractivity contribution in [2.75, 3.05) is 36.8 Å². The Morgan fingerprint density at radius 3 is 2.55 bits per heavy atom. The first-order valence-electron chi connectivity index (χ1n) is 12.6. The maximum atomic E-state index is 12.8. The number of aliphatic hydroxyl groups excluding tert-OH is 4. The number of sulfonamides is 1. The van der Waals surface area contributed by atoms with E-state index in [2.05, 4.69) is 14.6 Å². The molecule has 38 heavy (non-hydrogen) atoms. The predicted molar refractivity (Wildman–Crippen MR) is 145 cm³/mol. The molecule has 5 N–H and O–H groups in total. The molecular weight excluding hydrogens is 536 g/mol. The summed E-state index contributed by atoms with van der Waals surface area (Å²) in [6, 6.07) is 6.08. The lowest BCUT2D eigenvalue weighted by Gasteiger charge is -2.44. The second kappa shape index (κ2) is 11.9. The fraction of sp³-hybridized carbons (Fsp3) is 0.583. The fourth-order valence-corrected chi connectivity index (χ4v) is 7.04. The molecule has 0 radical (unpaired) electrons. The lowest BCUT2D eigenvalue weighted by atomic mass is 9.94. The molecule has 0 amide bonds. The Kier molecular flexibility index (Phi) is 9.02. The highest BCUT2D eigenvalue weighted by molar-refractivity contribution is 8.14. The molecule has 0 spiro atoms. The van der Waals surface area contributed by atoms with E-state index >= 15 is 0 Å². The zero-order chi connectivity index (χ0) is 27.6. The molecule has 0 unspecified atom stereocenters. The largest absolute Gasteiger partial charge is 0.422 e. The van der Waals surface area contributed by atoms with Gasteiger partial charge in [-0.2, -0.15) is 0 Å². The third-order valence-corrected chi connectivity index (χ3v) is 9.43. The fourth-order valence-electron chi connectivity index (χ4n) is 4.68. The molecule has 14 heteroatoms. The maximum Gasteiger partial charge on any atom is 0.356 e. The van der Waals surface area contributed by atoms with Crippen LogP contribution in [0.15, 0.2) is 43.4 Å². The summed E-state index contributed by atoms with van der Waals surface area (Å²) in [5.41, 5.74) is 0.266. The molecule has 4 rings (SSSR count). The Morgan fingerprint density at radius 2 is 1.84 bits per heavy atom. The molecule has 0 saturated carbocycles. The summed E-state index contributed by atoms with van der Waals surface area (Å²) in [6.45, 7) is 6.00. The highest BCUT2D eigenvalue weighted by Crippen LogP contribution is 2.34. The number of aliphatic imine (C=N–C) groups is 1. The third kappa shape index (κ3) is 5.71. The van der Waals surface area contributed by atoms with Crippen molar-refractivity contribution in [2.45, 2.75) is 62.2 Å². The topological polar surface area (TPSA) is 176 Å². The number of aliphatic hydroxyl groups is 4. The van der Waals surface area contributed by atoms with Gasteiger partial charge in [-0.3, -0.25) is 4.99 Å². The number of fused-ring (bicyclic) bond motifs is 2. The van der Waals surface area contributed by atoms with Crippen LogP contribution in [0.3, 0.4) is 0 Å². The summed E-state index contributed by atoms with van der Waals surface area (Å²) in [6.07, 6.45) is -4.60. The van der Waals surface area contributed by atoms with Gasteiger partial charge in [0.05, 0.1) is 6.04 Å². The predicted octanol–water partition coefficient (Wildman–Crippen LogP) is -0.114. The van der Waals surface area contributed by atoms with Crippen LogP contribution in [0.1, 0.15) is 26.7 Å². The average Bonchev–Trinajstić information content (AvgIpc) is 3.32. The van der Waals surface area contributed by atoms with E-state index in [9.17, 15) is 33.6 Å². The molecule has 1 aromatic carbocycles. The van der Waals surface area contributed by atoms with E-state index in [0.29, 0.717) is 41.3 Å². The van der Waals surface area contributed by atoms with Gasteiger partial charge in [-0.15, -0.1) is 0 Å². The molecule has 0 aliphatic carbocycles. The number of anilines is 1. The lowest BCUT2D eigenvalue weighted by molar-refractivity contribution is -0.190. The van der Waals surface area contributed by atoms with Crippen molar-refractivity contribution in [1.29, 1.82) is 0 Å². The number of piperidine rings is 1. The second-order valence-corrected chi connectivity index (χ2v) is 12.0. The Labute approximate surface area is 225 Å². The molecule has 5 atom stereocenters. The van der Waals surface area contributed by atoms with Gasteiger partial charge in [-0.1, -0.05) is 11.8 Å². The van der Waals surface area contributed by atoms with Crippen molar-refractivity contribution in [3.05, 3.63) is 34.7 Å². The Bertz CT molecular complexity index is 1330. The molecule has 2 saturated heterocycles. The van der Waals surface area contributed by atoms with Gasteiger partial charge >= 0.3 is 5.63 Å². The standard InChI is InChI=1S/C24H34N4O8S2/c1-3-27(4-2)15-8-7-14-11-18(23(33)36-17(14)12-15)38(34,35)26-10-6-5-9-25-24-28-16(13-37-24)19(29)20(30)21(31)22(28)32/h7-8,11-12,16,19-22,26,29-32H,3-6,9-10,13H2,1-2H3/t16-,19-,20+,21-,22-/m1/s1. The minimum absolute atomic E-state index is 0.0806. The maximum absolute atomic E-state index is 12.8. The molecule has 3 heterocycles. The summed E-state index contributed by atoms with van der Waals surface area (Å²) >= 11 is 1.31. The summed E-state index contributed by atoms with van der Waals surface area (Å²) in [5, 5.41) is 41.3. The van der Waals surface area contributed by atoms with E-state index in [4.69, 9.17) is 4.42 Å². The van der Waals surface area contributed by atoms with Crippen LogP contribution in [0.4, 0.5) is 5.69 Å². The van der Waals surface area contributed by atoms with E-state index in [1.54, 1.807) is 12.1 Å². The van der Waals surface area contributed by atoms with Crippen LogP contribution in [0.2, 0.25) is 0 Å². The van der Waals surface area contributed by atoms with Crippen LogP contribution in [0.25, 0.3) is 11.0 Å². The monoisotopic (exact) mass is 570 g/mol. The van der Waals surface area contributed by atoms with Crippen molar-refractivity contribution in [1.82, 2.24) is 9.62 Å². The zero-order valence-corrected chi connectivity index (χ0v) is 22.9. The number of unbranched alkanes of at least 4 members (excludes halogenated alkanes) is 1. The summed E-state index contributed by atoms with van der Waals surface area (Å²) < 4.78 is 33.3. The minimum atomic E-state index is -4.09. The zero-order valence-electron chi connectivity index (χ0n) is 21.2. The number of rotatable bonds is 10. The molecule has 0 bridgehead atoms. The van der Waals surface area contributed by atoms with Gasteiger partial charge < -0.3 is 34.6 Å². The number of thioether (sulfide) groups is 1. The first-order valence-corrected chi connectivity index (χ1v) is 15.1. The van der Waals surface area contributed by atoms with Crippen molar-refractivity contribution in [3.63, 3.8) is 0 Å². The summed E-state index contributed by atoms with van der Waals surface area (Å²) in [5.74, 6) is 0.408. The van der Waals surface area contributed by atoms with Gasteiger partial charge in [0.2, 0.25) is 10.0 Å². The van der Waals surface area contributed by atoms with Gasteiger partial charge in [0.1, 0.15) is 23.9 Å². The van der Waals surface area contributed by atoms with Crippen LogP contribution in [-0.2, 0) is 10.0 Å². The van der Waals surface area contributed by atoms with Gasteiger partial charge in [0.15, 0.2) is 16.3 Å². The summed E-state index contributed by atoms with van der Waals surface area (Å²) in [7, 11) is -4.09. The van der Waals surface area contributed by atoms with Gasteiger partial charge in [0, 0.05) is 49.1 Å². The van der Waals surface area contributed by atoms with Crippen molar-refractivity contribution < 1.29 is 33.3 Å². The van der Waals surface area contributed by atoms with Crippen LogP contribution in [-0.4, -0.2) is 101 Å². The quantitative estimate of drug-likeness (QED) is 0.190. The molecule has 1 aromatic heterocycles. The van der Waals surface area contributed by atoms with Crippen LogP contribution >= 0.6 is 11.8 Å². The van der Waals surface area contributed by atoms with Gasteiger partial charge in [-0.05, 0) is 44.9 Å². The van der Waals surface area contributed by atoms with Gasteiger partial charge in [0.25, 0.3) is 0 Å². The minimum Gasteiger partial charge on any atom is -0.422 e. The smallest absolute Gasteiger partial charge is 0.356 e. The lowest BCUT2D eigenvalue weighted by Crippen LogP contribution is -2.65. The van der Waals surface area contributed by atoms with E-state index in [-0.39, 0.29) is 6.54 Å². The number of hydrogen-bond acceptors (Lipinski definition) is 11. The van der Waals surface area contributed by atoms with Crippen LogP contribution in [0.5, 0.6) is 0 Å². The first kappa shape index (κ1) is 28.8. The van der Waals surface area contributed by atoms with E-state index in [0.717, 1.165) is 18.8 Å². The second-order valence-electron chi connectivity index (χ2n) is 9.23. The molecule has 210 valence electrons. The number of amidine groups is 1. The SMILES string of the molecule is CCN(CC)c1ccc2cc(S(=O)(=O)NCCCCN=C3SC[C@@H]4[C@@H](O)[C@H](O)[C@@H](O)[C@@H](O)N34)c(=O)oc2c1. The number of benzene rings is 1. The van der Waals surface area contributed by atoms with Crippen molar-refractivity contribution in [2.24, 2.45) is 4.99 Å². The van der Waals surface area contributed by atoms with Crippen LogP contribution < -0.4 is 15.2 Å². The Morgan fingerprint density at radius 1 is 1.11 bits per heavy atom. The molecule has 2 fully saturated rings. The molecular formula is C24H34N4O8S2.